The molecule has 2 unspecified atom stereocenters. The summed E-state index contributed by atoms with van der Waals surface area (Å²) in [5.74, 6) is 0. The van der Waals surface area contributed by atoms with Crippen molar-refractivity contribution < 1.29 is 0 Å². The minimum atomic E-state index is 0.276. The molecule has 1 fully saturated rings. The second kappa shape index (κ2) is 7.41. The molecule has 112 valence electrons. The van der Waals surface area contributed by atoms with Crippen LogP contribution in [0.4, 0.5) is 0 Å². The van der Waals surface area contributed by atoms with E-state index in [4.69, 9.17) is 17.3 Å². The van der Waals surface area contributed by atoms with Crippen LogP contribution in [0.25, 0.3) is 0 Å². The third-order valence-electron chi connectivity index (χ3n) is 4.39. The number of halogens is 1. The highest BCUT2D eigenvalue weighted by molar-refractivity contribution is 6.30. The summed E-state index contributed by atoms with van der Waals surface area (Å²) in [5, 5.41) is 0.793. The van der Waals surface area contributed by atoms with Gasteiger partial charge in [-0.05, 0) is 30.7 Å². The fraction of sp³-hybridized carbons (Fsp3) is 0.625. The zero-order valence-electron chi connectivity index (χ0n) is 12.6. The number of rotatable bonds is 5. The molecule has 1 aromatic carbocycles. The van der Waals surface area contributed by atoms with Gasteiger partial charge in [0.1, 0.15) is 0 Å². The van der Waals surface area contributed by atoms with Crippen LogP contribution in [-0.4, -0.2) is 48.6 Å². The average molecular weight is 296 g/mol. The molecule has 1 aliphatic rings. The van der Waals surface area contributed by atoms with E-state index in [9.17, 15) is 0 Å². The quantitative estimate of drug-likeness (QED) is 0.906. The van der Waals surface area contributed by atoms with Crippen molar-refractivity contribution in [2.45, 2.75) is 32.4 Å². The van der Waals surface area contributed by atoms with E-state index >= 15 is 0 Å². The van der Waals surface area contributed by atoms with E-state index in [0.717, 1.165) is 37.6 Å². The number of hydrogen-bond acceptors (Lipinski definition) is 3. The molecule has 3 nitrogen and oxygen atoms in total. The van der Waals surface area contributed by atoms with Gasteiger partial charge in [-0.25, -0.2) is 0 Å². The van der Waals surface area contributed by atoms with E-state index in [1.165, 1.54) is 5.56 Å². The Morgan fingerprint density at radius 3 is 2.75 bits per heavy atom. The molecule has 1 aromatic rings. The van der Waals surface area contributed by atoms with Crippen molar-refractivity contribution in [1.82, 2.24) is 9.80 Å². The summed E-state index contributed by atoms with van der Waals surface area (Å²) in [5.41, 5.74) is 7.31. The summed E-state index contributed by atoms with van der Waals surface area (Å²) in [4.78, 5) is 5.09. The maximum atomic E-state index is 6.13. The Balaban J connectivity index is 2.18. The molecule has 20 heavy (non-hydrogen) atoms. The average Bonchev–Trinajstić information content (AvgIpc) is 2.48. The molecule has 1 saturated heterocycles. The van der Waals surface area contributed by atoms with Gasteiger partial charge in [-0.1, -0.05) is 37.6 Å². The summed E-state index contributed by atoms with van der Waals surface area (Å²) in [6, 6.07) is 8.99. The maximum absolute atomic E-state index is 6.13. The van der Waals surface area contributed by atoms with E-state index in [1.807, 2.05) is 12.1 Å². The molecule has 1 aliphatic heterocycles. The summed E-state index contributed by atoms with van der Waals surface area (Å²) >= 11 is 6.13. The number of hydrogen-bond donors (Lipinski definition) is 1. The lowest BCUT2D eigenvalue weighted by molar-refractivity contribution is 0.0427. The van der Waals surface area contributed by atoms with Crippen molar-refractivity contribution in [2.75, 3.05) is 32.7 Å². The van der Waals surface area contributed by atoms with Gasteiger partial charge in [0, 0.05) is 43.3 Å². The molecule has 4 heteroatoms. The minimum absolute atomic E-state index is 0.276. The van der Waals surface area contributed by atoms with Crippen LogP contribution in [0, 0.1) is 0 Å². The molecular formula is C16H26ClN3. The third-order valence-corrected chi connectivity index (χ3v) is 4.62. The van der Waals surface area contributed by atoms with Crippen LogP contribution >= 0.6 is 11.6 Å². The van der Waals surface area contributed by atoms with Crippen molar-refractivity contribution >= 4 is 11.6 Å². The number of nitrogens with two attached hydrogens (primary N) is 1. The highest BCUT2D eigenvalue weighted by Gasteiger charge is 2.30. The lowest BCUT2D eigenvalue weighted by Gasteiger charge is -2.45. The lowest BCUT2D eigenvalue weighted by Crippen LogP contribution is -2.54. The van der Waals surface area contributed by atoms with Crippen molar-refractivity contribution in [3.8, 4) is 0 Å². The second-order valence-electron chi connectivity index (χ2n) is 5.50. The SMILES string of the molecule is CCC1CN(CC)CCN1C(CN)c1cccc(Cl)c1. The van der Waals surface area contributed by atoms with Crippen molar-refractivity contribution in [2.24, 2.45) is 5.73 Å². The van der Waals surface area contributed by atoms with Gasteiger partial charge >= 0.3 is 0 Å². The molecule has 0 aromatic heterocycles. The number of benzene rings is 1. The molecule has 2 rings (SSSR count). The molecule has 0 bridgehead atoms. The lowest BCUT2D eigenvalue weighted by atomic mass is 10.00. The van der Waals surface area contributed by atoms with E-state index in [0.29, 0.717) is 12.6 Å². The third kappa shape index (κ3) is 3.53. The molecule has 0 aliphatic carbocycles. The van der Waals surface area contributed by atoms with E-state index in [-0.39, 0.29) is 6.04 Å². The van der Waals surface area contributed by atoms with Crippen LogP contribution in [0.15, 0.2) is 24.3 Å². The Kier molecular flexibility index (Phi) is 5.85. The normalized spacial score (nSPS) is 22.9. The summed E-state index contributed by atoms with van der Waals surface area (Å²) in [6.07, 6.45) is 1.16. The van der Waals surface area contributed by atoms with Crippen molar-refractivity contribution in [3.05, 3.63) is 34.9 Å². The van der Waals surface area contributed by atoms with Gasteiger partial charge in [-0.15, -0.1) is 0 Å². The predicted molar refractivity (Wildman–Crippen MR) is 86.1 cm³/mol. The first-order valence-electron chi connectivity index (χ1n) is 7.63. The van der Waals surface area contributed by atoms with Gasteiger partial charge < -0.3 is 10.6 Å². The van der Waals surface area contributed by atoms with E-state index < -0.39 is 0 Å². The molecular weight excluding hydrogens is 270 g/mol. The Morgan fingerprint density at radius 2 is 2.15 bits per heavy atom. The Morgan fingerprint density at radius 1 is 1.35 bits per heavy atom. The van der Waals surface area contributed by atoms with Gasteiger partial charge in [0.15, 0.2) is 0 Å². The van der Waals surface area contributed by atoms with Gasteiger partial charge in [0.25, 0.3) is 0 Å². The predicted octanol–water partition coefficient (Wildman–Crippen LogP) is 2.76. The van der Waals surface area contributed by atoms with Crippen LogP contribution in [0.1, 0.15) is 31.9 Å². The molecule has 0 spiro atoms. The first-order valence-corrected chi connectivity index (χ1v) is 8.01. The molecule has 0 radical (unpaired) electrons. The van der Waals surface area contributed by atoms with Crippen molar-refractivity contribution in [1.29, 1.82) is 0 Å². The topological polar surface area (TPSA) is 32.5 Å². The molecule has 2 atom stereocenters. The largest absolute Gasteiger partial charge is 0.329 e. The van der Waals surface area contributed by atoms with Crippen LogP contribution in [0.3, 0.4) is 0 Å². The smallest absolute Gasteiger partial charge is 0.0475 e. The number of likely N-dealkylation sites (N-methyl/N-ethyl adjacent to an activating group) is 1. The Bertz CT molecular complexity index is 424. The van der Waals surface area contributed by atoms with Gasteiger partial charge in [-0.2, -0.15) is 0 Å². The van der Waals surface area contributed by atoms with Gasteiger partial charge in [0.05, 0.1) is 0 Å². The second-order valence-corrected chi connectivity index (χ2v) is 5.94. The van der Waals surface area contributed by atoms with Crippen LogP contribution in [0.2, 0.25) is 5.02 Å². The molecule has 0 amide bonds. The molecule has 0 saturated carbocycles. The van der Waals surface area contributed by atoms with Gasteiger partial charge in [-0.3, -0.25) is 4.90 Å². The molecule has 1 heterocycles. The highest BCUT2D eigenvalue weighted by Crippen LogP contribution is 2.27. The fourth-order valence-corrected chi connectivity index (χ4v) is 3.37. The Labute approximate surface area is 127 Å². The van der Waals surface area contributed by atoms with E-state index in [2.05, 4.69) is 35.8 Å². The van der Waals surface area contributed by atoms with Crippen molar-refractivity contribution in [3.63, 3.8) is 0 Å². The first kappa shape index (κ1) is 15.8. The maximum Gasteiger partial charge on any atom is 0.0475 e. The number of piperazine rings is 1. The van der Waals surface area contributed by atoms with Crippen LogP contribution < -0.4 is 5.73 Å². The van der Waals surface area contributed by atoms with Crippen LogP contribution in [0.5, 0.6) is 0 Å². The Hall–Kier alpha value is -0.610. The van der Waals surface area contributed by atoms with Crippen LogP contribution in [-0.2, 0) is 0 Å². The molecule has 2 N–H and O–H groups in total. The summed E-state index contributed by atoms with van der Waals surface area (Å²) in [6.45, 7) is 9.63. The monoisotopic (exact) mass is 295 g/mol. The van der Waals surface area contributed by atoms with E-state index in [1.54, 1.807) is 0 Å². The highest BCUT2D eigenvalue weighted by atomic mass is 35.5. The summed E-state index contributed by atoms with van der Waals surface area (Å²) in [7, 11) is 0. The minimum Gasteiger partial charge on any atom is -0.329 e. The number of nitrogens with zero attached hydrogens (tertiary/aromatic N) is 2. The zero-order valence-corrected chi connectivity index (χ0v) is 13.3. The zero-order chi connectivity index (χ0) is 14.5. The standard InChI is InChI=1S/C16H26ClN3/c1-3-15-12-19(4-2)8-9-20(15)16(11-18)13-6-5-7-14(17)10-13/h5-7,10,15-16H,3-4,8-9,11-12,18H2,1-2H3. The summed E-state index contributed by atoms with van der Waals surface area (Å²) < 4.78 is 0. The first-order chi connectivity index (χ1) is 9.69. The van der Waals surface area contributed by atoms with Gasteiger partial charge in [0.2, 0.25) is 0 Å². The fourth-order valence-electron chi connectivity index (χ4n) is 3.17.